The molecule has 0 fully saturated rings. The molecule has 1 N–H and O–H groups in total. The Balaban J connectivity index is 0.00000243. The second-order valence-electron chi connectivity index (χ2n) is 5.59. The molecule has 136 valence electrons. The van der Waals surface area contributed by atoms with E-state index < -0.39 is 0 Å². The molecule has 0 amide bonds. The molecule has 0 unspecified atom stereocenters. The molecule has 0 bridgehead atoms. The molecule has 1 aromatic heterocycles. The average molecular weight is 410 g/mol. The van der Waals surface area contributed by atoms with Gasteiger partial charge in [-0.25, -0.2) is 0 Å². The molecule has 0 spiro atoms. The van der Waals surface area contributed by atoms with Gasteiger partial charge in [0.05, 0.1) is 5.69 Å². The van der Waals surface area contributed by atoms with E-state index in [1.807, 2.05) is 54.6 Å². The molecule has 2 aromatic carbocycles. The highest BCUT2D eigenvalue weighted by atomic mass is 35.5. The number of ether oxygens (including phenoxy) is 1. The first kappa shape index (κ1) is 20.5. The van der Waals surface area contributed by atoms with Crippen molar-refractivity contribution in [3.63, 3.8) is 0 Å². The van der Waals surface area contributed by atoms with E-state index in [0.29, 0.717) is 16.7 Å². The number of hydrogen-bond acceptors (Lipinski definition) is 3. The Labute approximate surface area is 169 Å². The lowest BCUT2D eigenvalue weighted by molar-refractivity contribution is 0.306. The lowest BCUT2D eigenvalue weighted by Crippen LogP contribution is -2.13. The predicted octanol–water partition coefficient (Wildman–Crippen LogP) is 5.68. The standard InChI is InChI=1S/C20H18Cl2N2O.ClH/c21-17-7-6-16(20(22)11-17)14-25-19-8-4-15(5-9-19)12-23-13-18-3-1-2-10-24-18;/h1-11,23H,12-14H2;1H. The Morgan fingerprint density at radius 2 is 1.73 bits per heavy atom. The average Bonchev–Trinajstić information content (AvgIpc) is 2.63. The van der Waals surface area contributed by atoms with Crippen LogP contribution in [0.2, 0.25) is 10.0 Å². The topological polar surface area (TPSA) is 34.1 Å². The Morgan fingerprint density at radius 3 is 2.42 bits per heavy atom. The number of nitrogens with one attached hydrogen (secondary N) is 1. The lowest BCUT2D eigenvalue weighted by Gasteiger charge is -2.09. The summed E-state index contributed by atoms with van der Waals surface area (Å²) in [5.74, 6) is 0.805. The smallest absolute Gasteiger partial charge is 0.119 e. The SMILES string of the molecule is Cl.Clc1ccc(COc2ccc(CNCc3ccccn3)cc2)c(Cl)c1. The van der Waals surface area contributed by atoms with Gasteiger partial charge in [0.2, 0.25) is 0 Å². The van der Waals surface area contributed by atoms with Gasteiger partial charge in [-0.2, -0.15) is 0 Å². The summed E-state index contributed by atoms with van der Waals surface area (Å²) in [6, 6.07) is 19.3. The van der Waals surface area contributed by atoms with Gasteiger partial charge in [-0.15, -0.1) is 12.4 Å². The van der Waals surface area contributed by atoms with Crippen molar-refractivity contribution < 1.29 is 4.74 Å². The number of pyridine rings is 1. The largest absolute Gasteiger partial charge is 0.489 e. The fourth-order valence-electron chi connectivity index (χ4n) is 2.34. The summed E-state index contributed by atoms with van der Waals surface area (Å²) in [5, 5.41) is 4.61. The van der Waals surface area contributed by atoms with Crippen LogP contribution >= 0.6 is 35.6 Å². The number of halogens is 3. The van der Waals surface area contributed by atoms with E-state index in [-0.39, 0.29) is 12.4 Å². The number of rotatable bonds is 7. The third-order valence-electron chi connectivity index (χ3n) is 3.69. The van der Waals surface area contributed by atoms with Crippen LogP contribution in [0.5, 0.6) is 5.75 Å². The van der Waals surface area contributed by atoms with Gasteiger partial charge < -0.3 is 10.1 Å². The number of aromatic nitrogens is 1. The van der Waals surface area contributed by atoms with Crippen molar-refractivity contribution in [3.05, 3.63) is 93.7 Å². The van der Waals surface area contributed by atoms with Crippen molar-refractivity contribution in [2.45, 2.75) is 19.7 Å². The summed E-state index contributed by atoms with van der Waals surface area (Å²) in [7, 11) is 0. The first-order valence-corrected chi connectivity index (χ1v) is 8.72. The maximum absolute atomic E-state index is 6.15. The minimum absolute atomic E-state index is 0. The van der Waals surface area contributed by atoms with Crippen LogP contribution in [0.1, 0.15) is 16.8 Å². The molecule has 3 nitrogen and oxygen atoms in total. The summed E-state index contributed by atoms with van der Waals surface area (Å²) in [4.78, 5) is 4.29. The van der Waals surface area contributed by atoms with Crippen LogP contribution < -0.4 is 10.1 Å². The zero-order valence-corrected chi connectivity index (χ0v) is 16.3. The van der Waals surface area contributed by atoms with Crippen LogP contribution in [0.25, 0.3) is 0 Å². The molecule has 0 aliphatic rings. The van der Waals surface area contributed by atoms with Crippen molar-refractivity contribution in [2.75, 3.05) is 0 Å². The molecule has 0 radical (unpaired) electrons. The maximum atomic E-state index is 6.15. The van der Waals surface area contributed by atoms with Crippen LogP contribution in [0.15, 0.2) is 66.9 Å². The Morgan fingerprint density at radius 1 is 0.923 bits per heavy atom. The number of hydrogen-bond donors (Lipinski definition) is 1. The van der Waals surface area contributed by atoms with Gasteiger partial charge in [0.25, 0.3) is 0 Å². The first-order valence-electron chi connectivity index (χ1n) is 7.97. The molecular weight excluding hydrogens is 391 g/mol. The van der Waals surface area contributed by atoms with E-state index in [9.17, 15) is 0 Å². The molecule has 3 rings (SSSR count). The minimum Gasteiger partial charge on any atom is -0.489 e. The Kier molecular flexibility index (Phi) is 8.20. The minimum atomic E-state index is 0. The molecule has 0 aliphatic heterocycles. The molecule has 1 heterocycles. The second kappa shape index (κ2) is 10.4. The van der Waals surface area contributed by atoms with Crippen molar-refractivity contribution in [1.82, 2.24) is 10.3 Å². The van der Waals surface area contributed by atoms with Gasteiger partial charge in [-0.05, 0) is 42.0 Å². The van der Waals surface area contributed by atoms with Crippen molar-refractivity contribution >= 4 is 35.6 Å². The quantitative estimate of drug-likeness (QED) is 0.545. The first-order chi connectivity index (χ1) is 12.2. The normalized spacial score (nSPS) is 10.2. The van der Waals surface area contributed by atoms with E-state index in [1.165, 1.54) is 5.56 Å². The van der Waals surface area contributed by atoms with E-state index in [2.05, 4.69) is 10.3 Å². The zero-order valence-electron chi connectivity index (χ0n) is 14.0. The van der Waals surface area contributed by atoms with Gasteiger partial charge in [-0.1, -0.05) is 47.5 Å². The van der Waals surface area contributed by atoms with E-state index >= 15 is 0 Å². The summed E-state index contributed by atoms with van der Waals surface area (Å²) < 4.78 is 5.78. The maximum Gasteiger partial charge on any atom is 0.119 e. The van der Waals surface area contributed by atoms with Gasteiger partial charge in [0, 0.05) is 34.9 Å². The van der Waals surface area contributed by atoms with Crippen molar-refractivity contribution in [3.8, 4) is 5.75 Å². The van der Waals surface area contributed by atoms with E-state index in [0.717, 1.165) is 30.1 Å². The summed E-state index contributed by atoms with van der Waals surface area (Å²) in [6.45, 7) is 1.93. The molecule has 0 saturated carbocycles. The molecule has 3 aromatic rings. The van der Waals surface area contributed by atoms with Gasteiger partial charge >= 0.3 is 0 Å². The van der Waals surface area contributed by atoms with Crippen molar-refractivity contribution in [2.24, 2.45) is 0 Å². The van der Waals surface area contributed by atoms with Crippen LogP contribution in [0.3, 0.4) is 0 Å². The summed E-state index contributed by atoms with van der Waals surface area (Å²) in [5.41, 5.74) is 3.13. The Hall–Kier alpha value is -1.78. The monoisotopic (exact) mass is 408 g/mol. The fraction of sp³-hybridized carbons (Fsp3) is 0.150. The van der Waals surface area contributed by atoms with Crippen LogP contribution in [-0.4, -0.2) is 4.98 Å². The fourth-order valence-corrected chi connectivity index (χ4v) is 2.80. The number of benzene rings is 2. The molecule has 0 atom stereocenters. The summed E-state index contributed by atoms with van der Waals surface area (Å²) >= 11 is 12.0. The van der Waals surface area contributed by atoms with Gasteiger partial charge in [0.1, 0.15) is 12.4 Å². The van der Waals surface area contributed by atoms with Crippen LogP contribution in [0.4, 0.5) is 0 Å². The van der Waals surface area contributed by atoms with Gasteiger partial charge in [0.15, 0.2) is 0 Å². The van der Waals surface area contributed by atoms with E-state index in [1.54, 1.807) is 12.3 Å². The molecule has 6 heteroatoms. The van der Waals surface area contributed by atoms with Crippen LogP contribution in [0, 0.1) is 0 Å². The van der Waals surface area contributed by atoms with Crippen molar-refractivity contribution in [1.29, 1.82) is 0 Å². The highest BCUT2D eigenvalue weighted by Gasteiger charge is 2.03. The molecule has 26 heavy (non-hydrogen) atoms. The number of nitrogens with zero attached hydrogens (tertiary/aromatic N) is 1. The summed E-state index contributed by atoms with van der Waals surface area (Å²) in [6.07, 6.45) is 1.80. The highest BCUT2D eigenvalue weighted by Crippen LogP contribution is 2.22. The molecule has 0 aliphatic carbocycles. The molecule has 0 saturated heterocycles. The third-order valence-corrected chi connectivity index (χ3v) is 4.28. The second-order valence-corrected chi connectivity index (χ2v) is 6.44. The molecular formula is C20H19Cl3N2O. The Bertz CT molecular complexity index is 811. The zero-order chi connectivity index (χ0) is 17.5. The van der Waals surface area contributed by atoms with Crippen LogP contribution in [-0.2, 0) is 19.7 Å². The lowest BCUT2D eigenvalue weighted by atomic mass is 10.2. The van der Waals surface area contributed by atoms with E-state index in [4.69, 9.17) is 27.9 Å². The highest BCUT2D eigenvalue weighted by molar-refractivity contribution is 6.35. The third kappa shape index (κ3) is 6.19. The van der Waals surface area contributed by atoms with Gasteiger partial charge in [-0.3, -0.25) is 4.98 Å². The predicted molar refractivity (Wildman–Crippen MR) is 109 cm³/mol.